The third-order valence-corrected chi connectivity index (χ3v) is 3.83. The number of hydrogen-bond donors (Lipinski definition) is 2. The van der Waals surface area contributed by atoms with E-state index >= 15 is 0 Å². The Bertz CT molecular complexity index is 771. The molecule has 2 amide bonds. The van der Waals surface area contributed by atoms with E-state index in [9.17, 15) is 9.59 Å². The predicted octanol–water partition coefficient (Wildman–Crippen LogP) is 2.74. The smallest absolute Gasteiger partial charge is 0.251 e. The molecule has 0 aliphatic carbocycles. The molecule has 2 aromatic carbocycles. The molecule has 0 fully saturated rings. The Balaban J connectivity index is 1.44. The SMILES string of the molecule is CC(=O)Nc1ccc(C(=O)NCCCc2ccc3c(c2)OCO3)cc1. The number of amides is 2. The van der Waals surface area contributed by atoms with Crippen LogP contribution in [0.25, 0.3) is 0 Å². The standard InChI is InChI=1S/C19H20N2O4/c1-13(22)21-16-7-5-15(6-8-16)19(23)20-10-2-3-14-4-9-17-18(11-14)25-12-24-17/h4-9,11H,2-3,10,12H2,1H3,(H,20,23)(H,21,22). The molecule has 6 heteroatoms. The Morgan fingerprint density at radius 3 is 2.56 bits per heavy atom. The van der Waals surface area contributed by atoms with Crippen molar-refractivity contribution in [2.45, 2.75) is 19.8 Å². The van der Waals surface area contributed by atoms with Crippen LogP contribution in [0.1, 0.15) is 29.3 Å². The number of anilines is 1. The fourth-order valence-corrected chi connectivity index (χ4v) is 2.60. The lowest BCUT2D eigenvalue weighted by molar-refractivity contribution is -0.114. The summed E-state index contributed by atoms with van der Waals surface area (Å²) >= 11 is 0. The molecule has 0 spiro atoms. The molecule has 0 atom stereocenters. The van der Waals surface area contributed by atoms with Crippen LogP contribution >= 0.6 is 0 Å². The maximum absolute atomic E-state index is 12.1. The van der Waals surface area contributed by atoms with Crippen LogP contribution in [0.15, 0.2) is 42.5 Å². The molecule has 0 aromatic heterocycles. The van der Waals surface area contributed by atoms with E-state index in [1.54, 1.807) is 24.3 Å². The van der Waals surface area contributed by atoms with E-state index in [1.807, 2.05) is 18.2 Å². The third-order valence-electron chi connectivity index (χ3n) is 3.83. The molecule has 2 aromatic rings. The van der Waals surface area contributed by atoms with Crippen LogP contribution in [0.4, 0.5) is 5.69 Å². The normalized spacial score (nSPS) is 11.9. The lowest BCUT2D eigenvalue weighted by Crippen LogP contribution is -2.24. The van der Waals surface area contributed by atoms with Gasteiger partial charge in [0, 0.05) is 24.7 Å². The molecule has 3 rings (SSSR count). The van der Waals surface area contributed by atoms with Gasteiger partial charge in [0.2, 0.25) is 12.7 Å². The van der Waals surface area contributed by atoms with Gasteiger partial charge in [0.25, 0.3) is 5.91 Å². The average Bonchev–Trinajstić information content (AvgIpc) is 3.06. The summed E-state index contributed by atoms with van der Waals surface area (Å²) in [6, 6.07) is 12.7. The molecule has 1 aliphatic rings. The van der Waals surface area contributed by atoms with Crippen LogP contribution in [0, 0.1) is 0 Å². The van der Waals surface area contributed by atoms with Gasteiger partial charge in [-0.2, -0.15) is 0 Å². The maximum Gasteiger partial charge on any atom is 0.251 e. The van der Waals surface area contributed by atoms with E-state index in [0.717, 1.165) is 29.9 Å². The first-order valence-electron chi connectivity index (χ1n) is 8.16. The maximum atomic E-state index is 12.1. The van der Waals surface area contributed by atoms with Gasteiger partial charge < -0.3 is 20.1 Å². The Morgan fingerprint density at radius 1 is 1.04 bits per heavy atom. The van der Waals surface area contributed by atoms with Crippen molar-refractivity contribution in [1.29, 1.82) is 0 Å². The molecule has 25 heavy (non-hydrogen) atoms. The second-order valence-electron chi connectivity index (χ2n) is 5.81. The summed E-state index contributed by atoms with van der Waals surface area (Å²) in [6.45, 7) is 2.30. The highest BCUT2D eigenvalue weighted by Crippen LogP contribution is 2.32. The van der Waals surface area contributed by atoms with Crippen LogP contribution in [-0.4, -0.2) is 25.2 Å². The summed E-state index contributed by atoms with van der Waals surface area (Å²) in [5, 5.41) is 5.57. The summed E-state index contributed by atoms with van der Waals surface area (Å²) in [4.78, 5) is 23.1. The summed E-state index contributed by atoms with van der Waals surface area (Å²) in [6.07, 6.45) is 1.67. The van der Waals surface area contributed by atoms with E-state index < -0.39 is 0 Å². The van der Waals surface area contributed by atoms with Crippen molar-refractivity contribution in [2.75, 3.05) is 18.7 Å². The van der Waals surface area contributed by atoms with Crippen molar-refractivity contribution < 1.29 is 19.1 Å². The van der Waals surface area contributed by atoms with Crippen LogP contribution in [0.3, 0.4) is 0 Å². The minimum atomic E-state index is -0.138. The first kappa shape index (κ1) is 16.8. The monoisotopic (exact) mass is 340 g/mol. The number of rotatable bonds is 6. The van der Waals surface area contributed by atoms with Gasteiger partial charge in [-0.3, -0.25) is 9.59 Å². The minimum Gasteiger partial charge on any atom is -0.454 e. The lowest BCUT2D eigenvalue weighted by Gasteiger charge is -2.07. The number of fused-ring (bicyclic) bond motifs is 1. The molecule has 6 nitrogen and oxygen atoms in total. The van der Waals surface area contributed by atoms with Gasteiger partial charge in [-0.05, 0) is 54.8 Å². The van der Waals surface area contributed by atoms with Gasteiger partial charge in [-0.25, -0.2) is 0 Å². The van der Waals surface area contributed by atoms with E-state index in [0.29, 0.717) is 17.8 Å². The summed E-state index contributed by atoms with van der Waals surface area (Å²) in [5.74, 6) is 1.29. The van der Waals surface area contributed by atoms with Crippen LogP contribution in [0.5, 0.6) is 11.5 Å². The third kappa shape index (κ3) is 4.50. The van der Waals surface area contributed by atoms with Crippen molar-refractivity contribution in [3.63, 3.8) is 0 Å². The molecular formula is C19H20N2O4. The van der Waals surface area contributed by atoms with Gasteiger partial charge in [-0.1, -0.05) is 6.07 Å². The van der Waals surface area contributed by atoms with Crippen molar-refractivity contribution in [1.82, 2.24) is 5.32 Å². The molecule has 1 aliphatic heterocycles. The first-order valence-corrected chi connectivity index (χ1v) is 8.16. The largest absolute Gasteiger partial charge is 0.454 e. The topological polar surface area (TPSA) is 76.7 Å². The lowest BCUT2D eigenvalue weighted by atomic mass is 10.1. The fourth-order valence-electron chi connectivity index (χ4n) is 2.60. The van der Waals surface area contributed by atoms with Gasteiger partial charge in [0.15, 0.2) is 11.5 Å². The number of nitrogens with one attached hydrogen (secondary N) is 2. The van der Waals surface area contributed by atoms with E-state index in [4.69, 9.17) is 9.47 Å². The van der Waals surface area contributed by atoms with Crippen molar-refractivity contribution in [3.05, 3.63) is 53.6 Å². The van der Waals surface area contributed by atoms with E-state index in [-0.39, 0.29) is 18.6 Å². The Labute approximate surface area is 146 Å². The second kappa shape index (κ2) is 7.70. The van der Waals surface area contributed by atoms with E-state index in [1.165, 1.54) is 6.92 Å². The highest BCUT2D eigenvalue weighted by Gasteiger charge is 2.13. The number of carbonyl (C=O) groups excluding carboxylic acids is 2. The zero-order valence-electron chi connectivity index (χ0n) is 14.0. The van der Waals surface area contributed by atoms with Crippen molar-refractivity contribution >= 4 is 17.5 Å². The zero-order chi connectivity index (χ0) is 17.6. The second-order valence-corrected chi connectivity index (χ2v) is 5.81. The molecule has 1 heterocycles. The van der Waals surface area contributed by atoms with Crippen LogP contribution in [0.2, 0.25) is 0 Å². The molecule has 130 valence electrons. The fraction of sp³-hybridized carbons (Fsp3) is 0.263. The van der Waals surface area contributed by atoms with E-state index in [2.05, 4.69) is 10.6 Å². The molecule has 0 radical (unpaired) electrons. The van der Waals surface area contributed by atoms with Gasteiger partial charge in [0.05, 0.1) is 0 Å². The number of aryl methyl sites for hydroxylation is 1. The highest BCUT2D eigenvalue weighted by atomic mass is 16.7. The Morgan fingerprint density at radius 2 is 1.80 bits per heavy atom. The molecule has 0 unspecified atom stereocenters. The van der Waals surface area contributed by atoms with Crippen molar-refractivity contribution in [3.8, 4) is 11.5 Å². The van der Waals surface area contributed by atoms with Crippen LogP contribution in [-0.2, 0) is 11.2 Å². The quantitative estimate of drug-likeness (QED) is 0.793. The van der Waals surface area contributed by atoms with Gasteiger partial charge >= 0.3 is 0 Å². The van der Waals surface area contributed by atoms with Crippen LogP contribution < -0.4 is 20.1 Å². The van der Waals surface area contributed by atoms with Gasteiger partial charge in [0.1, 0.15) is 0 Å². The molecule has 2 N–H and O–H groups in total. The summed E-state index contributed by atoms with van der Waals surface area (Å²) in [5.41, 5.74) is 2.39. The molecule has 0 bridgehead atoms. The average molecular weight is 340 g/mol. The molecular weight excluding hydrogens is 320 g/mol. The zero-order valence-corrected chi connectivity index (χ0v) is 14.0. The predicted molar refractivity (Wildman–Crippen MR) is 94.0 cm³/mol. The molecule has 0 saturated heterocycles. The minimum absolute atomic E-state index is 0.125. The Hall–Kier alpha value is -3.02. The first-order chi connectivity index (χ1) is 12.1. The summed E-state index contributed by atoms with van der Waals surface area (Å²) in [7, 11) is 0. The summed E-state index contributed by atoms with van der Waals surface area (Å²) < 4.78 is 10.6. The molecule has 0 saturated carbocycles. The number of hydrogen-bond acceptors (Lipinski definition) is 4. The van der Waals surface area contributed by atoms with Gasteiger partial charge in [-0.15, -0.1) is 0 Å². The number of ether oxygens (including phenoxy) is 2. The van der Waals surface area contributed by atoms with Crippen molar-refractivity contribution in [2.24, 2.45) is 0 Å². The highest BCUT2D eigenvalue weighted by molar-refractivity contribution is 5.95. The number of benzene rings is 2. The number of carbonyl (C=O) groups is 2. The Kier molecular flexibility index (Phi) is 5.18.